The molecule has 33 heavy (non-hydrogen) atoms. The highest BCUT2D eigenvalue weighted by molar-refractivity contribution is 6.33. The quantitative estimate of drug-likeness (QED) is 0.558. The van der Waals surface area contributed by atoms with E-state index in [4.69, 9.17) is 27.2 Å². The van der Waals surface area contributed by atoms with Gasteiger partial charge in [0.15, 0.2) is 5.82 Å². The first-order valence-electron chi connectivity index (χ1n) is 10.7. The van der Waals surface area contributed by atoms with Gasteiger partial charge in [0.05, 0.1) is 41.1 Å². The molecule has 7 nitrogen and oxygen atoms in total. The zero-order chi connectivity index (χ0) is 23.9. The number of fused-ring (bicyclic) bond motifs is 1. The van der Waals surface area contributed by atoms with E-state index in [1.54, 1.807) is 10.6 Å². The van der Waals surface area contributed by atoms with E-state index in [2.05, 4.69) is 15.0 Å². The van der Waals surface area contributed by atoms with Crippen molar-refractivity contribution in [1.29, 1.82) is 0 Å². The molecule has 1 aromatic carbocycles. The van der Waals surface area contributed by atoms with E-state index >= 15 is 0 Å². The minimum absolute atomic E-state index is 0.000541. The number of imidazole rings is 1. The molecule has 3 heterocycles. The first-order chi connectivity index (χ1) is 15.6. The zero-order valence-electron chi connectivity index (χ0n) is 18.2. The monoisotopic (exact) mass is 483 g/mol. The number of benzene rings is 1. The van der Waals surface area contributed by atoms with Gasteiger partial charge < -0.3 is 20.1 Å². The lowest BCUT2D eigenvalue weighted by atomic mass is 10.1. The predicted octanol–water partition coefficient (Wildman–Crippen LogP) is 4.73. The van der Waals surface area contributed by atoms with Crippen molar-refractivity contribution in [1.82, 2.24) is 19.5 Å². The number of nitrogen functional groups attached to an aromatic ring is 1. The van der Waals surface area contributed by atoms with Crippen molar-refractivity contribution in [3.05, 3.63) is 35.0 Å². The summed E-state index contributed by atoms with van der Waals surface area (Å²) in [5.41, 5.74) is 6.72. The fourth-order valence-electron chi connectivity index (χ4n) is 3.90. The van der Waals surface area contributed by atoms with Gasteiger partial charge in [-0.15, -0.1) is 0 Å². The van der Waals surface area contributed by atoms with E-state index in [9.17, 15) is 13.2 Å². The second-order valence-electron chi connectivity index (χ2n) is 8.57. The number of aliphatic hydroxyl groups excluding tert-OH is 1. The van der Waals surface area contributed by atoms with Gasteiger partial charge in [-0.1, -0.05) is 11.6 Å². The summed E-state index contributed by atoms with van der Waals surface area (Å²) in [7, 11) is 0. The number of halogens is 4. The molecule has 2 aromatic heterocycles. The van der Waals surface area contributed by atoms with Crippen LogP contribution in [0.15, 0.2) is 18.3 Å². The van der Waals surface area contributed by atoms with Gasteiger partial charge in [-0.25, -0.2) is 28.1 Å². The average molecular weight is 484 g/mol. The average Bonchev–Trinajstić information content (AvgIpc) is 3.21. The summed E-state index contributed by atoms with van der Waals surface area (Å²) in [6, 6.07) is 2.69. The molecule has 2 atom stereocenters. The van der Waals surface area contributed by atoms with Crippen LogP contribution in [0.25, 0.3) is 22.3 Å². The molecule has 11 heteroatoms. The molecule has 0 spiro atoms. The topological polar surface area (TPSA) is 99.1 Å². The second kappa shape index (κ2) is 9.08. The van der Waals surface area contributed by atoms with Crippen LogP contribution in [0.2, 0.25) is 5.02 Å². The van der Waals surface area contributed by atoms with E-state index in [0.717, 1.165) is 19.4 Å². The summed E-state index contributed by atoms with van der Waals surface area (Å²) >= 11 is 6.12. The Balaban J connectivity index is 0.000000318. The highest BCUT2D eigenvalue weighted by Gasteiger charge is 2.60. The summed E-state index contributed by atoms with van der Waals surface area (Å²) in [5.74, 6) is -4.21. The Hall–Kier alpha value is -2.43. The van der Waals surface area contributed by atoms with Gasteiger partial charge in [0.25, 0.3) is 5.92 Å². The molecule has 0 radical (unpaired) electrons. The van der Waals surface area contributed by atoms with Crippen LogP contribution in [0.4, 0.5) is 19.1 Å². The summed E-state index contributed by atoms with van der Waals surface area (Å²) in [6.45, 7) is 5.05. The van der Waals surface area contributed by atoms with Crippen LogP contribution < -0.4 is 5.73 Å². The highest BCUT2D eigenvalue weighted by Crippen LogP contribution is 2.56. The molecule has 2 fully saturated rings. The zero-order valence-corrected chi connectivity index (χ0v) is 19.0. The molecular formula is C22H25ClF3N5O2. The third-order valence-corrected chi connectivity index (χ3v) is 5.88. The van der Waals surface area contributed by atoms with Gasteiger partial charge in [0.1, 0.15) is 11.3 Å². The Bertz CT molecular complexity index is 1160. The van der Waals surface area contributed by atoms with Crippen LogP contribution in [0.3, 0.4) is 0 Å². The number of rotatable bonds is 3. The van der Waals surface area contributed by atoms with Crippen LogP contribution in [0, 0.1) is 5.82 Å². The van der Waals surface area contributed by atoms with Crippen LogP contribution >= 0.6 is 11.6 Å². The molecule has 5 rings (SSSR count). The SMILES string of the molecule is CC(C)n1c([C@H]2CC2(F)F)nc2c(F)cc(-c3nc(N)ncc3Cl)cc21.OC1CCCOC1. The fraction of sp³-hybridized carbons (Fsp3) is 0.500. The van der Waals surface area contributed by atoms with Gasteiger partial charge in [0, 0.05) is 24.6 Å². The van der Waals surface area contributed by atoms with Crippen molar-refractivity contribution >= 4 is 28.6 Å². The molecule has 1 aliphatic heterocycles. The maximum Gasteiger partial charge on any atom is 0.259 e. The third-order valence-electron chi connectivity index (χ3n) is 5.60. The number of hydrogen-bond donors (Lipinski definition) is 2. The first-order valence-corrected chi connectivity index (χ1v) is 11.1. The first kappa shape index (κ1) is 23.7. The van der Waals surface area contributed by atoms with E-state index in [1.165, 1.54) is 12.3 Å². The minimum atomic E-state index is -2.79. The summed E-state index contributed by atoms with van der Waals surface area (Å²) in [4.78, 5) is 12.0. The number of aromatic nitrogens is 4. The normalized spacial score (nSPS) is 21.7. The molecule has 2 aliphatic rings. The Labute approximate surface area is 193 Å². The number of anilines is 1. The van der Waals surface area contributed by atoms with Gasteiger partial charge in [-0.2, -0.15) is 0 Å². The van der Waals surface area contributed by atoms with Gasteiger partial charge in [0.2, 0.25) is 5.95 Å². The number of aliphatic hydroxyl groups is 1. The number of nitrogens with zero attached hydrogens (tertiary/aromatic N) is 4. The third kappa shape index (κ3) is 4.92. The Kier molecular flexibility index (Phi) is 6.52. The van der Waals surface area contributed by atoms with Crippen molar-refractivity contribution in [2.75, 3.05) is 18.9 Å². The lowest BCUT2D eigenvalue weighted by Crippen LogP contribution is -2.21. The Morgan fingerprint density at radius 3 is 2.58 bits per heavy atom. The largest absolute Gasteiger partial charge is 0.391 e. The Morgan fingerprint density at radius 1 is 1.30 bits per heavy atom. The number of nitrogens with two attached hydrogens (primary N) is 1. The van der Waals surface area contributed by atoms with Crippen LogP contribution in [0.1, 0.15) is 50.9 Å². The lowest BCUT2D eigenvalue weighted by Gasteiger charge is -2.15. The van der Waals surface area contributed by atoms with Crippen LogP contribution in [-0.4, -0.2) is 49.9 Å². The summed E-state index contributed by atoms with van der Waals surface area (Å²) in [6.07, 6.45) is 2.80. The summed E-state index contributed by atoms with van der Waals surface area (Å²) in [5, 5.41) is 8.99. The molecule has 1 saturated heterocycles. The predicted molar refractivity (Wildman–Crippen MR) is 119 cm³/mol. The molecule has 1 saturated carbocycles. The molecule has 3 N–H and O–H groups in total. The van der Waals surface area contributed by atoms with Crippen LogP contribution in [-0.2, 0) is 4.74 Å². The standard InChI is InChI=1S/C17H15ClF3N5.C5H10O2/c1-7(2)26-12-4-8(13-10(18)6-23-16(22)25-13)3-11(19)14(12)24-15(26)9-5-17(9,20)21;6-5-2-1-3-7-4-5/h3-4,6-7,9H,5H2,1-2H3,(H2,22,23,25);5-6H,1-4H2/t9-;/m1./s1. The maximum atomic E-state index is 14.7. The lowest BCUT2D eigenvalue weighted by molar-refractivity contribution is -0.00535. The van der Waals surface area contributed by atoms with Gasteiger partial charge in [-0.05, 0) is 38.8 Å². The minimum Gasteiger partial charge on any atom is -0.391 e. The maximum absolute atomic E-state index is 14.7. The Morgan fingerprint density at radius 2 is 2.03 bits per heavy atom. The van der Waals surface area contributed by atoms with Crippen molar-refractivity contribution < 1.29 is 23.0 Å². The van der Waals surface area contributed by atoms with Crippen molar-refractivity contribution in [3.8, 4) is 11.3 Å². The molecule has 1 aliphatic carbocycles. The summed E-state index contributed by atoms with van der Waals surface area (Å²) < 4.78 is 48.5. The van der Waals surface area contributed by atoms with E-state index in [0.29, 0.717) is 17.7 Å². The molecule has 0 amide bonds. The van der Waals surface area contributed by atoms with Crippen molar-refractivity contribution in [2.45, 2.75) is 57.1 Å². The molecular weight excluding hydrogens is 459 g/mol. The van der Waals surface area contributed by atoms with E-state index in [-0.39, 0.29) is 46.6 Å². The van der Waals surface area contributed by atoms with Gasteiger partial charge in [-0.3, -0.25) is 0 Å². The second-order valence-corrected chi connectivity index (χ2v) is 8.98. The van der Waals surface area contributed by atoms with Crippen molar-refractivity contribution in [2.24, 2.45) is 0 Å². The molecule has 3 aromatic rings. The van der Waals surface area contributed by atoms with Crippen LogP contribution in [0.5, 0.6) is 0 Å². The molecule has 178 valence electrons. The highest BCUT2D eigenvalue weighted by atomic mass is 35.5. The van der Waals surface area contributed by atoms with Gasteiger partial charge >= 0.3 is 0 Å². The fourth-order valence-corrected chi connectivity index (χ4v) is 4.10. The van der Waals surface area contributed by atoms with Crippen molar-refractivity contribution in [3.63, 3.8) is 0 Å². The number of hydrogen-bond acceptors (Lipinski definition) is 6. The number of ether oxygens (including phenoxy) is 1. The van der Waals surface area contributed by atoms with E-state index in [1.807, 2.05) is 13.8 Å². The smallest absolute Gasteiger partial charge is 0.259 e. The van der Waals surface area contributed by atoms with E-state index < -0.39 is 17.7 Å². The number of alkyl halides is 2. The molecule has 0 bridgehead atoms. The molecule has 1 unspecified atom stereocenters.